The van der Waals surface area contributed by atoms with Crippen LogP contribution in [-0.4, -0.2) is 23.7 Å². The molecule has 0 aliphatic heterocycles. The Balaban J connectivity index is 2.71. The summed E-state index contributed by atoms with van der Waals surface area (Å²) in [7, 11) is 0. The Hall–Kier alpha value is -1.84. The number of rotatable bonds is 4. The van der Waals surface area contributed by atoms with Crippen molar-refractivity contribution in [3.8, 4) is 0 Å². The maximum atomic E-state index is 11.2. The van der Waals surface area contributed by atoms with Crippen molar-refractivity contribution in [3.63, 3.8) is 0 Å². The van der Waals surface area contributed by atoms with Gasteiger partial charge in [-0.1, -0.05) is 12.1 Å². The number of carboxylic acid groups (broad SMARTS) is 1. The van der Waals surface area contributed by atoms with Crippen LogP contribution in [0.1, 0.15) is 22.8 Å². The third-order valence-electron chi connectivity index (χ3n) is 1.82. The lowest BCUT2D eigenvalue weighted by atomic mass is 10.1. The first-order valence-corrected chi connectivity index (χ1v) is 4.61. The number of ether oxygens (including phenoxy) is 1. The largest absolute Gasteiger partial charge is 0.481 e. The molecule has 0 saturated heterocycles. The van der Waals surface area contributed by atoms with E-state index in [1.54, 1.807) is 31.2 Å². The van der Waals surface area contributed by atoms with Crippen LogP contribution in [0.2, 0.25) is 0 Å². The highest BCUT2D eigenvalue weighted by molar-refractivity contribution is 5.89. The molecule has 1 aromatic carbocycles. The number of benzene rings is 1. The smallest absolute Gasteiger partial charge is 0.338 e. The van der Waals surface area contributed by atoms with Crippen LogP contribution >= 0.6 is 0 Å². The van der Waals surface area contributed by atoms with Crippen LogP contribution in [0.4, 0.5) is 0 Å². The number of esters is 1. The minimum atomic E-state index is -0.890. The van der Waals surface area contributed by atoms with E-state index in [1.165, 1.54) is 0 Å². The Kier molecular flexibility index (Phi) is 3.85. The van der Waals surface area contributed by atoms with Crippen LogP contribution < -0.4 is 0 Å². The molecular weight excluding hydrogens is 196 g/mol. The molecule has 0 unspecified atom stereocenters. The molecule has 0 saturated carbocycles. The van der Waals surface area contributed by atoms with Crippen molar-refractivity contribution in [2.24, 2.45) is 0 Å². The Labute approximate surface area is 87.5 Å². The van der Waals surface area contributed by atoms with Gasteiger partial charge in [-0.3, -0.25) is 4.79 Å². The lowest BCUT2D eigenvalue weighted by Crippen LogP contribution is -2.05. The number of hydrogen-bond donors (Lipinski definition) is 1. The highest BCUT2D eigenvalue weighted by Crippen LogP contribution is 2.06. The minimum absolute atomic E-state index is 0.0386. The molecule has 4 nitrogen and oxygen atoms in total. The Morgan fingerprint density at radius 1 is 1.27 bits per heavy atom. The molecule has 1 aromatic rings. The number of hydrogen-bond acceptors (Lipinski definition) is 3. The predicted octanol–water partition coefficient (Wildman–Crippen LogP) is 1.49. The third kappa shape index (κ3) is 3.42. The van der Waals surface area contributed by atoms with Gasteiger partial charge in [0.1, 0.15) is 0 Å². The van der Waals surface area contributed by atoms with E-state index < -0.39 is 5.97 Å². The van der Waals surface area contributed by atoms with Crippen molar-refractivity contribution < 1.29 is 19.4 Å². The molecular formula is C11H12O4. The van der Waals surface area contributed by atoms with E-state index in [9.17, 15) is 9.59 Å². The molecule has 1 rings (SSSR count). The monoisotopic (exact) mass is 208 g/mol. The van der Waals surface area contributed by atoms with Crippen LogP contribution in [0, 0.1) is 0 Å². The summed E-state index contributed by atoms with van der Waals surface area (Å²) in [6.45, 7) is 2.06. The SMILES string of the molecule is CCOC(=O)c1ccc(CC(=O)O)cc1. The number of carbonyl (C=O) groups is 2. The van der Waals surface area contributed by atoms with Crippen LogP contribution in [0.15, 0.2) is 24.3 Å². The van der Waals surface area contributed by atoms with Gasteiger partial charge in [-0.05, 0) is 24.6 Å². The molecule has 80 valence electrons. The molecule has 0 atom stereocenters. The molecule has 15 heavy (non-hydrogen) atoms. The molecule has 4 heteroatoms. The third-order valence-corrected chi connectivity index (χ3v) is 1.82. The molecule has 0 bridgehead atoms. The van der Waals surface area contributed by atoms with Crippen molar-refractivity contribution >= 4 is 11.9 Å². The molecule has 0 radical (unpaired) electrons. The second-order valence-electron chi connectivity index (χ2n) is 2.99. The summed E-state index contributed by atoms with van der Waals surface area (Å²) in [6, 6.07) is 6.35. The maximum Gasteiger partial charge on any atom is 0.338 e. The second kappa shape index (κ2) is 5.14. The summed E-state index contributed by atoms with van der Waals surface area (Å²) in [5.41, 5.74) is 1.10. The van der Waals surface area contributed by atoms with Crippen molar-refractivity contribution in [3.05, 3.63) is 35.4 Å². The van der Waals surface area contributed by atoms with E-state index in [0.29, 0.717) is 17.7 Å². The van der Waals surface area contributed by atoms with Gasteiger partial charge in [0.25, 0.3) is 0 Å². The summed E-state index contributed by atoms with van der Waals surface area (Å²) >= 11 is 0. The molecule has 0 spiro atoms. The van der Waals surface area contributed by atoms with E-state index in [0.717, 1.165) is 0 Å². The number of carboxylic acids is 1. The topological polar surface area (TPSA) is 63.6 Å². The van der Waals surface area contributed by atoms with Gasteiger partial charge in [-0.15, -0.1) is 0 Å². The minimum Gasteiger partial charge on any atom is -0.481 e. The summed E-state index contributed by atoms with van der Waals surface area (Å²) in [5.74, 6) is -1.28. The Morgan fingerprint density at radius 3 is 2.33 bits per heavy atom. The first kappa shape index (κ1) is 11.2. The molecule has 0 amide bonds. The van der Waals surface area contributed by atoms with Gasteiger partial charge >= 0.3 is 11.9 Å². The van der Waals surface area contributed by atoms with Gasteiger partial charge in [0.05, 0.1) is 18.6 Å². The van der Waals surface area contributed by atoms with E-state index in [1.807, 2.05) is 0 Å². The van der Waals surface area contributed by atoms with Crippen molar-refractivity contribution in [1.29, 1.82) is 0 Å². The zero-order valence-electron chi connectivity index (χ0n) is 8.40. The fraction of sp³-hybridized carbons (Fsp3) is 0.273. The summed E-state index contributed by atoms with van der Waals surface area (Å²) in [5, 5.41) is 8.54. The lowest BCUT2D eigenvalue weighted by molar-refractivity contribution is -0.136. The highest BCUT2D eigenvalue weighted by atomic mass is 16.5. The van der Waals surface area contributed by atoms with Crippen LogP contribution in [0.25, 0.3) is 0 Å². The van der Waals surface area contributed by atoms with Gasteiger partial charge in [0.15, 0.2) is 0 Å². The van der Waals surface area contributed by atoms with Crippen LogP contribution in [0.5, 0.6) is 0 Å². The van der Waals surface area contributed by atoms with Gasteiger partial charge in [0, 0.05) is 0 Å². The molecule has 0 aliphatic rings. The first-order valence-electron chi connectivity index (χ1n) is 4.61. The van der Waals surface area contributed by atoms with Crippen molar-refractivity contribution in [1.82, 2.24) is 0 Å². The molecule has 0 heterocycles. The van der Waals surface area contributed by atoms with Gasteiger partial charge in [-0.25, -0.2) is 4.79 Å². The molecule has 1 N–H and O–H groups in total. The maximum absolute atomic E-state index is 11.2. The van der Waals surface area contributed by atoms with E-state index in [4.69, 9.17) is 9.84 Å². The van der Waals surface area contributed by atoms with Crippen molar-refractivity contribution in [2.75, 3.05) is 6.61 Å². The Morgan fingerprint density at radius 2 is 1.87 bits per heavy atom. The average Bonchev–Trinajstić information content (AvgIpc) is 2.18. The van der Waals surface area contributed by atoms with Crippen molar-refractivity contribution in [2.45, 2.75) is 13.3 Å². The zero-order chi connectivity index (χ0) is 11.3. The van der Waals surface area contributed by atoms with Crippen LogP contribution in [0.3, 0.4) is 0 Å². The van der Waals surface area contributed by atoms with E-state index in [2.05, 4.69) is 0 Å². The van der Waals surface area contributed by atoms with E-state index in [-0.39, 0.29) is 12.4 Å². The number of aliphatic carboxylic acids is 1. The molecule has 0 aliphatic carbocycles. The van der Waals surface area contributed by atoms with E-state index >= 15 is 0 Å². The fourth-order valence-corrected chi connectivity index (χ4v) is 1.15. The number of carbonyl (C=O) groups excluding carboxylic acids is 1. The normalized spacial score (nSPS) is 9.67. The summed E-state index contributed by atoms with van der Waals surface area (Å²) in [4.78, 5) is 21.6. The van der Waals surface area contributed by atoms with Gasteiger partial charge in [0.2, 0.25) is 0 Å². The Bertz CT molecular complexity index is 353. The first-order chi connectivity index (χ1) is 7.13. The zero-order valence-corrected chi connectivity index (χ0v) is 8.40. The molecule has 0 aromatic heterocycles. The fourth-order valence-electron chi connectivity index (χ4n) is 1.15. The summed E-state index contributed by atoms with van der Waals surface area (Å²) < 4.78 is 4.79. The molecule has 0 fully saturated rings. The second-order valence-corrected chi connectivity index (χ2v) is 2.99. The quantitative estimate of drug-likeness (QED) is 0.761. The highest BCUT2D eigenvalue weighted by Gasteiger charge is 2.06. The average molecular weight is 208 g/mol. The summed E-state index contributed by atoms with van der Waals surface area (Å²) in [6.07, 6.45) is -0.0386. The van der Waals surface area contributed by atoms with Crippen LogP contribution in [-0.2, 0) is 16.0 Å². The van der Waals surface area contributed by atoms with Gasteiger partial charge < -0.3 is 9.84 Å². The predicted molar refractivity (Wildman–Crippen MR) is 53.7 cm³/mol. The lowest BCUT2D eigenvalue weighted by Gasteiger charge is -2.02. The standard InChI is InChI=1S/C11H12O4/c1-2-15-11(14)9-5-3-8(4-6-9)7-10(12)13/h3-6H,2,7H2,1H3,(H,12,13). The van der Waals surface area contributed by atoms with Gasteiger partial charge in [-0.2, -0.15) is 0 Å².